The molecule has 0 saturated carbocycles. The van der Waals surface area contributed by atoms with E-state index >= 15 is 0 Å². The van der Waals surface area contributed by atoms with Gasteiger partial charge in [-0.15, -0.1) is 0 Å². The number of rotatable bonds is 2. The van der Waals surface area contributed by atoms with Crippen LogP contribution in [0.1, 0.15) is 25.8 Å². The molecule has 1 fully saturated rings. The highest BCUT2D eigenvalue weighted by Gasteiger charge is 2.21. The summed E-state index contributed by atoms with van der Waals surface area (Å²) in [5, 5.41) is 3.47. The average Bonchev–Trinajstić information content (AvgIpc) is 2.45. The molecule has 4 heteroatoms. The summed E-state index contributed by atoms with van der Waals surface area (Å²) in [6, 6.07) is 6.27. The van der Waals surface area contributed by atoms with E-state index in [4.69, 9.17) is 0 Å². The molecule has 2 atom stereocenters. The predicted molar refractivity (Wildman–Crippen MR) is 76.1 cm³/mol. The number of benzene rings is 1. The first-order valence-corrected chi connectivity index (χ1v) is 7.27. The Labute approximate surface area is 117 Å². The van der Waals surface area contributed by atoms with Crippen molar-refractivity contribution < 1.29 is 4.39 Å². The largest absolute Gasteiger partial charge is 0.313 e. The third-order valence-electron chi connectivity index (χ3n) is 3.58. The number of hydrogen-bond donors (Lipinski definition) is 1. The summed E-state index contributed by atoms with van der Waals surface area (Å²) in [5.41, 5.74) is 0.777. The molecule has 1 aliphatic heterocycles. The van der Waals surface area contributed by atoms with E-state index < -0.39 is 0 Å². The average molecular weight is 315 g/mol. The van der Waals surface area contributed by atoms with Crippen molar-refractivity contribution in [1.82, 2.24) is 10.2 Å². The van der Waals surface area contributed by atoms with Gasteiger partial charge in [0, 0.05) is 35.2 Å². The Bertz CT molecular complexity index is 411. The van der Waals surface area contributed by atoms with Crippen molar-refractivity contribution in [3.8, 4) is 0 Å². The quantitative estimate of drug-likeness (QED) is 0.902. The van der Waals surface area contributed by atoms with Crippen molar-refractivity contribution in [2.45, 2.75) is 38.9 Å². The van der Waals surface area contributed by atoms with E-state index in [1.54, 1.807) is 6.07 Å². The Kier molecular flexibility index (Phi) is 4.76. The van der Waals surface area contributed by atoms with Crippen molar-refractivity contribution in [1.29, 1.82) is 0 Å². The van der Waals surface area contributed by atoms with Crippen LogP contribution in [0.2, 0.25) is 0 Å². The minimum absolute atomic E-state index is 0.124. The molecule has 1 aromatic carbocycles. The summed E-state index contributed by atoms with van der Waals surface area (Å²) in [6.45, 7) is 7.10. The zero-order chi connectivity index (χ0) is 13.1. The van der Waals surface area contributed by atoms with Crippen LogP contribution in [0.25, 0.3) is 0 Å². The van der Waals surface area contributed by atoms with E-state index in [2.05, 4.69) is 40.0 Å². The number of hydrogen-bond acceptors (Lipinski definition) is 2. The van der Waals surface area contributed by atoms with Crippen LogP contribution in [-0.2, 0) is 6.54 Å². The van der Waals surface area contributed by atoms with E-state index in [9.17, 15) is 4.39 Å². The number of nitrogens with one attached hydrogen (secondary N) is 1. The molecule has 2 unspecified atom stereocenters. The SMILES string of the molecule is CC1CN(Cc2ccc(Br)cc2F)C(C)CCN1. The first kappa shape index (κ1) is 14.0. The van der Waals surface area contributed by atoms with Gasteiger partial charge in [0.25, 0.3) is 0 Å². The Morgan fingerprint density at radius 3 is 2.94 bits per heavy atom. The van der Waals surface area contributed by atoms with Gasteiger partial charge in [0.1, 0.15) is 5.82 Å². The molecule has 0 aromatic heterocycles. The Hall–Kier alpha value is -0.450. The second kappa shape index (κ2) is 6.13. The summed E-state index contributed by atoms with van der Waals surface area (Å²) < 4.78 is 14.7. The van der Waals surface area contributed by atoms with Gasteiger partial charge in [0.15, 0.2) is 0 Å². The van der Waals surface area contributed by atoms with Gasteiger partial charge in [-0.25, -0.2) is 4.39 Å². The van der Waals surface area contributed by atoms with Crippen LogP contribution in [0.3, 0.4) is 0 Å². The highest BCUT2D eigenvalue weighted by atomic mass is 79.9. The maximum absolute atomic E-state index is 13.9. The van der Waals surface area contributed by atoms with Crippen LogP contribution >= 0.6 is 15.9 Å². The lowest BCUT2D eigenvalue weighted by Gasteiger charge is -2.28. The van der Waals surface area contributed by atoms with Crippen molar-refractivity contribution in [3.05, 3.63) is 34.1 Å². The van der Waals surface area contributed by atoms with Gasteiger partial charge in [0.2, 0.25) is 0 Å². The smallest absolute Gasteiger partial charge is 0.128 e. The van der Waals surface area contributed by atoms with Gasteiger partial charge >= 0.3 is 0 Å². The molecule has 1 aromatic rings. The zero-order valence-electron chi connectivity index (χ0n) is 10.9. The highest BCUT2D eigenvalue weighted by molar-refractivity contribution is 9.10. The first-order valence-electron chi connectivity index (χ1n) is 6.47. The van der Waals surface area contributed by atoms with Crippen LogP contribution < -0.4 is 5.32 Å². The molecule has 1 saturated heterocycles. The minimum atomic E-state index is -0.124. The lowest BCUT2D eigenvalue weighted by atomic mass is 10.1. The van der Waals surface area contributed by atoms with E-state index in [-0.39, 0.29) is 5.82 Å². The minimum Gasteiger partial charge on any atom is -0.313 e. The Morgan fingerprint density at radius 2 is 2.22 bits per heavy atom. The van der Waals surface area contributed by atoms with Crippen molar-refractivity contribution >= 4 is 15.9 Å². The van der Waals surface area contributed by atoms with Gasteiger partial charge in [-0.2, -0.15) is 0 Å². The molecule has 0 spiro atoms. The zero-order valence-corrected chi connectivity index (χ0v) is 12.5. The fourth-order valence-corrected chi connectivity index (χ4v) is 2.74. The molecular weight excluding hydrogens is 295 g/mol. The third kappa shape index (κ3) is 3.53. The van der Waals surface area contributed by atoms with E-state index in [1.165, 1.54) is 0 Å². The molecule has 2 rings (SSSR count). The molecule has 1 N–H and O–H groups in total. The first-order chi connectivity index (χ1) is 8.56. The lowest BCUT2D eigenvalue weighted by Crippen LogP contribution is -2.38. The van der Waals surface area contributed by atoms with Gasteiger partial charge in [-0.3, -0.25) is 4.90 Å². The fraction of sp³-hybridized carbons (Fsp3) is 0.571. The van der Waals surface area contributed by atoms with E-state index in [0.29, 0.717) is 18.6 Å². The maximum Gasteiger partial charge on any atom is 0.128 e. The summed E-state index contributed by atoms with van der Waals surface area (Å²) in [4.78, 5) is 2.36. The van der Waals surface area contributed by atoms with Crippen LogP contribution in [0.15, 0.2) is 22.7 Å². The Morgan fingerprint density at radius 1 is 1.44 bits per heavy atom. The van der Waals surface area contributed by atoms with Crippen LogP contribution in [0.4, 0.5) is 4.39 Å². The van der Waals surface area contributed by atoms with Gasteiger partial charge in [-0.05, 0) is 38.9 Å². The molecule has 100 valence electrons. The predicted octanol–water partition coefficient (Wildman–Crippen LogP) is 3.16. The van der Waals surface area contributed by atoms with Gasteiger partial charge in [0.05, 0.1) is 0 Å². The fourth-order valence-electron chi connectivity index (χ4n) is 2.41. The molecule has 1 heterocycles. The molecule has 1 aliphatic rings. The molecule has 0 bridgehead atoms. The molecular formula is C14H20BrFN2. The molecule has 0 amide bonds. The number of halogens is 2. The van der Waals surface area contributed by atoms with E-state index in [0.717, 1.165) is 29.5 Å². The molecule has 0 radical (unpaired) electrons. The second-order valence-corrected chi connectivity index (χ2v) is 6.07. The third-order valence-corrected chi connectivity index (χ3v) is 4.07. The van der Waals surface area contributed by atoms with Crippen LogP contribution in [0, 0.1) is 5.82 Å². The van der Waals surface area contributed by atoms with Crippen molar-refractivity contribution in [3.63, 3.8) is 0 Å². The topological polar surface area (TPSA) is 15.3 Å². The second-order valence-electron chi connectivity index (χ2n) is 5.16. The monoisotopic (exact) mass is 314 g/mol. The van der Waals surface area contributed by atoms with E-state index in [1.807, 2.05) is 12.1 Å². The highest BCUT2D eigenvalue weighted by Crippen LogP contribution is 2.19. The lowest BCUT2D eigenvalue weighted by molar-refractivity contribution is 0.196. The molecule has 18 heavy (non-hydrogen) atoms. The maximum atomic E-state index is 13.9. The summed E-state index contributed by atoms with van der Waals surface area (Å²) in [5.74, 6) is -0.124. The number of nitrogens with zero attached hydrogens (tertiary/aromatic N) is 1. The van der Waals surface area contributed by atoms with Gasteiger partial charge in [-0.1, -0.05) is 22.0 Å². The molecule has 2 nitrogen and oxygen atoms in total. The van der Waals surface area contributed by atoms with Gasteiger partial charge < -0.3 is 5.32 Å². The summed E-state index contributed by atoms with van der Waals surface area (Å²) in [6.07, 6.45) is 1.11. The van der Waals surface area contributed by atoms with Crippen molar-refractivity contribution in [2.24, 2.45) is 0 Å². The Balaban J connectivity index is 2.10. The normalized spacial score (nSPS) is 26.0. The standard InChI is InChI=1S/C14H20BrFN2/c1-10-8-18(11(2)5-6-17-10)9-12-3-4-13(15)7-14(12)16/h3-4,7,10-11,17H,5-6,8-9H2,1-2H3. The van der Waals surface area contributed by atoms with Crippen LogP contribution in [-0.4, -0.2) is 30.1 Å². The summed E-state index contributed by atoms with van der Waals surface area (Å²) in [7, 11) is 0. The van der Waals surface area contributed by atoms with Crippen molar-refractivity contribution in [2.75, 3.05) is 13.1 Å². The van der Waals surface area contributed by atoms with Crippen LogP contribution in [0.5, 0.6) is 0 Å². The molecule has 0 aliphatic carbocycles. The summed E-state index contributed by atoms with van der Waals surface area (Å²) >= 11 is 3.29.